The lowest BCUT2D eigenvalue weighted by atomic mass is 10.1. The van der Waals surface area contributed by atoms with Crippen LogP contribution in [0, 0.1) is 6.92 Å². The van der Waals surface area contributed by atoms with Gasteiger partial charge in [-0.3, -0.25) is 4.79 Å². The summed E-state index contributed by atoms with van der Waals surface area (Å²) >= 11 is 0. The molecule has 2 N–H and O–H groups in total. The van der Waals surface area contributed by atoms with E-state index in [0.717, 1.165) is 37.2 Å². The summed E-state index contributed by atoms with van der Waals surface area (Å²) in [5.41, 5.74) is 8.40. The largest absolute Gasteiger partial charge is 0.387 e. The Morgan fingerprint density at radius 3 is 2.59 bits per heavy atom. The average molecular weight is 300 g/mol. The molecule has 22 heavy (non-hydrogen) atoms. The van der Waals surface area contributed by atoms with Gasteiger partial charge in [-0.1, -0.05) is 13.8 Å². The number of carbonyl (C=O) groups excluding carboxylic acids is 1. The van der Waals surface area contributed by atoms with Crippen LogP contribution in [0.5, 0.6) is 0 Å². The van der Waals surface area contributed by atoms with Crippen molar-refractivity contribution in [1.29, 1.82) is 0 Å². The summed E-state index contributed by atoms with van der Waals surface area (Å²) in [6.07, 6.45) is 4.14. The Labute approximate surface area is 131 Å². The number of rotatable bonds is 5. The first-order chi connectivity index (χ1) is 10.5. The molecule has 0 fully saturated rings. The zero-order valence-corrected chi connectivity index (χ0v) is 13.6. The van der Waals surface area contributed by atoms with E-state index in [-0.39, 0.29) is 5.91 Å². The van der Waals surface area contributed by atoms with Crippen molar-refractivity contribution in [3.63, 3.8) is 0 Å². The highest BCUT2D eigenvalue weighted by Crippen LogP contribution is 2.25. The second-order valence-electron chi connectivity index (χ2n) is 5.61. The molecule has 0 spiro atoms. The van der Waals surface area contributed by atoms with Crippen LogP contribution in [0.4, 0.5) is 5.82 Å². The summed E-state index contributed by atoms with van der Waals surface area (Å²) in [7, 11) is 0. The third kappa shape index (κ3) is 3.72. The van der Waals surface area contributed by atoms with Gasteiger partial charge in [0.15, 0.2) is 5.82 Å². The molecule has 1 aromatic heterocycles. The second kappa shape index (κ2) is 7.20. The van der Waals surface area contributed by atoms with Crippen LogP contribution in [-0.2, 0) is 4.79 Å². The highest BCUT2D eigenvalue weighted by Gasteiger charge is 2.21. The normalized spacial score (nSPS) is 13.8. The molecule has 0 radical (unpaired) electrons. The lowest BCUT2D eigenvalue weighted by Crippen LogP contribution is -2.34. The number of aromatic nitrogens is 1. The fourth-order valence-electron chi connectivity index (χ4n) is 2.56. The number of aryl methyl sites for hydroxylation is 1. The molecule has 2 rings (SSSR count). The summed E-state index contributed by atoms with van der Waals surface area (Å²) in [6.45, 7) is 7.60. The van der Waals surface area contributed by atoms with Crippen molar-refractivity contribution in [2.24, 2.45) is 10.7 Å². The lowest BCUT2D eigenvalue weighted by molar-refractivity contribution is -0.127. The first-order valence-electron chi connectivity index (χ1n) is 7.85. The van der Waals surface area contributed by atoms with Crippen LogP contribution in [-0.4, -0.2) is 34.7 Å². The number of hydrogen-bond donors (Lipinski definition) is 1. The van der Waals surface area contributed by atoms with Crippen molar-refractivity contribution in [2.75, 3.05) is 13.1 Å². The van der Waals surface area contributed by atoms with Gasteiger partial charge in [0.05, 0.1) is 0 Å². The van der Waals surface area contributed by atoms with Crippen molar-refractivity contribution in [3.8, 4) is 0 Å². The smallest absolute Gasteiger partial charge is 0.250 e. The average Bonchev–Trinajstić information content (AvgIpc) is 2.64. The van der Waals surface area contributed by atoms with Gasteiger partial charge >= 0.3 is 0 Å². The van der Waals surface area contributed by atoms with Crippen molar-refractivity contribution >= 4 is 23.6 Å². The number of fused-ring (bicyclic) bond motifs is 1. The number of nitrogens with two attached hydrogens (primary N) is 1. The Hall–Kier alpha value is -2.17. The van der Waals surface area contributed by atoms with E-state index in [2.05, 4.69) is 23.8 Å². The van der Waals surface area contributed by atoms with Crippen molar-refractivity contribution in [1.82, 2.24) is 9.88 Å². The minimum absolute atomic E-state index is 0.0512. The molecule has 1 amide bonds. The van der Waals surface area contributed by atoms with Gasteiger partial charge in [-0.25, -0.2) is 9.98 Å². The number of amides is 1. The summed E-state index contributed by atoms with van der Waals surface area (Å²) in [5, 5.41) is 0. The number of nitrogens with zero attached hydrogens (tertiary/aromatic N) is 3. The SMILES string of the molecule is CCCN(CCC)C(=O)C1=Cc2ccc(C)nc2N=C(N)C1. The Kier molecular flexibility index (Phi) is 5.31. The Morgan fingerprint density at radius 1 is 1.27 bits per heavy atom. The minimum atomic E-state index is 0.0512. The summed E-state index contributed by atoms with van der Waals surface area (Å²) in [5.74, 6) is 1.08. The summed E-state index contributed by atoms with van der Waals surface area (Å²) < 4.78 is 0. The maximum absolute atomic E-state index is 12.8. The van der Waals surface area contributed by atoms with E-state index >= 15 is 0 Å². The number of hydrogen-bond acceptors (Lipinski definition) is 4. The van der Waals surface area contributed by atoms with Gasteiger partial charge in [0.1, 0.15) is 5.84 Å². The Bertz CT molecular complexity index is 613. The van der Waals surface area contributed by atoms with E-state index in [1.54, 1.807) is 0 Å². The van der Waals surface area contributed by atoms with Crippen molar-refractivity contribution < 1.29 is 4.79 Å². The fourth-order valence-corrected chi connectivity index (χ4v) is 2.56. The molecule has 0 bridgehead atoms. The predicted octanol–water partition coefficient (Wildman–Crippen LogP) is 2.81. The van der Waals surface area contributed by atoms with Crippen LogP contribution >= 0.6 is 0 Å². The molecule has 118 valence electrons. The zero-order chi connectivity index (χ0) is 16.1. The number of aliphatic imine (C=N–C) groups is 1. The highest BCUT2D eigenvalue weighted by molar-refractivity contribution is 6.05. The molecule has 1 aliphatic heterocycles. The first kappa shape index (κ1) is 16.2. The maximum Gasteiger partial charge on any atom is 0.250 e. The molecular weight excluding hydrogens is 276 g/mol. The molecule has 5 heteroatoms. The third-order valence-electron chi connectivity index (χ3n) is 3.54. The molecule has 0 aliphatic carbocycles. The Balaban J connectivity index is 2.36. The van der Waals surface area contributed by atoms with E-state index in [9.17, 15) is 4.79 Å². The monoisotopic (exact) mass is 300 g/mol. The predicted molar refractivity (Wildman–Crippen MR) is 90.0 cm³/mol. The molecule has 0 saturated carbocycles. The quantitative estimate of drug-likeness (QED) is 0.909. The van der Waals surface area contributed by atoms with Crippen molar-refractivity contribution in [3.05, 3.63) is 29.0 Å². The molecule has 0 aromatic carbocycles. The van der Waals surface area contributed by atoms with Gasteiger partial charge in [-0.2, -0.15) is 0 Å². The van der Waals surface area contributed by atoms with Crippen molar-refractivity contribution in [2.45, 2.75) is 40.0 Å². The molecule has 0 atom stereocenters. The number of carbonyl (C=O) groups is 1. The zero-order valence-electron chi connectivity index (χ0n) is 13.6. The van der Waals surface area contributed by atoms with Gasteiger partial charge in [0.2, 0.25) is 5.91 Å². The second-order valence-corrected chi connectivity index (χ2v) is 5.61. The van der Waals surface area contributed by atoms with E-state index in [0.29, 0.717) is 23.6 Å². The minimum Gasteiger partial charge on any atom is -0.387 e. The summed E-state index contributed by atoms with van der Waals surface area (Å²) in [4.78, 5) is 23.4. The van der Waals surface area contributed by atoms with Gasteiger partial charge in [-0.05, 0) is 38.0 Å². The number of amidine groups is 1. The van der Waals surface area contributed by atoms with Gasteiger partial charge in [-0.15, -0.1) is 0 Å². The molecular formula is C17H24N4O. The molecule has 1 aliphatic rings. The van der Waals surface area contributed by atoms with Crippen LogP contribution in [0.15, 0.2) is 22.7 Å². The van der Waals surface area contributed by atoms with E-state index in [4.69, 9.17) is 5.73 Å². The molecule has 0 saturated heterocycles. The lowest BCUT2D eigenvalue weighted by Gasteiger charge is -2.22. The molecule has 5 nitrogen and oxygen atoms in total. The van der Waals surface area contributed by atoms with Gasteiger partial charge in [0.25, 0.3) is 0 Å². The third-order valence-corrected chi connectivity index (χ3v) is 3.54. The standard InChI is InChI=1S/C17H24N4O/c1-4-8-21(9-5-2)17(22)14-10-13-7-6-12(3)19-16(13)20-15(18)11-14/h6-7,10H,4-5,8-9,11H2,1-3H3,(H2,18,19,20). The van der Waals surface area contributed by atoms with E-state index < -0.39 is 0 Å². The molecule has 1 aromatic rings. The van der Waals surface area contributed by atoms with Crippen LogP contribution in [0.2, 0.25) is 0 Å². The molecule has 2 heterocycles. The van der Waals surface area contributed by atoms with Gasteiger partial charge in [0, 0.05) is 36.3 Å². The first-order valence-corrected chi connectivity index (χ1v) is 7.85. The highest BCUT2D eigenvalue weighted by atomic mass is 16.2. The van der Waals surface area contributed by atoms with Crippen LogP contribution in [0.25, 0.3) is 6.08 Å². The Morgan fingerprint density at radius 2 is 1.95 bits per heavy atom. The topological polar surface area (TPSA) is 71.6 Å². The molecule has 0 unspecified atom stereocenters. The fraction of sp³-hybridized carbons (Fsp3) is 0.471. The maximum atomic E-state index is 12.8. The summed E-state index contributed by atoms with van der Waals surface area (Å²) in [6, 6.07) is 3.86. The number of pyridine rings is 1. The van der Waals surface area contributed by atoms with Crippen LogP contribution in [0.3, 0.4) is 0 Å². The van der Waals surface area contributed by atoms with E-state index in [1.807, 2.05) is 30.0 Å². The van der Waals surface area contributed by atoms with E-state index in [1.165, 1.54) is 0 Å². The van der Waals surface area contributed by atoms with Gasteiger partial charge < -0.3 is 10.6 Å². The van der Waals surface area contributed by atoms with Crippen LogP contribution in [0.1, 0.15) is 44.4 Å². The van der Waals surface area contributed by atoms with Crippen LogP contribution < -0.4 is 5.73 Å².